The second kappa shape index (κ2) is 5.68. The molecular formula is C8H8BrIN5O2PS. The van der Waals surface area contributed by atoms with Gasteiger partial charge in [0.25, 0.3) is 0 Å². The highest BCUT2D eigenvalue weighted by molar-refractivity contribution is 14.1. The highest BCUT2D eigenvalue weighted by Gasteiger charge is 2.25. The molecule has 0 radical (unpaired) electrons. The summed E-state index contributed by atoms with van der Waals surface area (Å²) in [4.78, 5) is -0.00583. The van der Waals surface area contributed by atoms with Gasteiger partial charge in [0, 0.05) is 16.8 Å². The molecule has 0 saturated heterocycles. The molecule has 7 nitrogen and oxygen atoms in total. The van der Waals surface area contributed by atoms with E-state index < -0.39 is 10.0 Å². The van der Waals surface area contributed by atoms with Gasteiger partial charge in [0.2, 0.25) is 10.0 Å². The summed E-state index contributed by atoms with van der Waals surface area (Å²) < 4.78 is 26.2. The van der Waals surface area contributed by atoms with Crippen molar-refractivity contribution in [3.63, 3.8) is 0 Å². The van der Waals surface area contributed by atoms with Gasteiger partial charge in [0.1, 0.15) is 4.90 Å². The lowest BCUT2D eigenvalue weighted by Crippen LogP contribution is -2.15. The van der Waals surface area contributed by atoms with E-state index in [0.717, 1.165) is 0 Å². The normalized spacial score (nSPS) is 12.4. The minimum Gasteiger partial charge on any atom is -0.225 e. The van der Waals surface area contributed by atoms with Gasteiger partial charge in [-0.1, -0.05) is 0 Å². The van der Waals surface area contributed by atoms with Crippen LogP contribution >= 0.6 is 47.3 Å². The van der Waals surface area contributed by atoms with Gasteiger partial charge in [-0.2, -0.15) is 0 Å². The molecule has 0 amide bonds. The monoisotopic (exact) mass is 475 g/mol. The Morgan fingerprint density at radius 1 is 1.47 bits per heavy atom. The van der Waals surface area contributed by atoms with E-state index in [1.807, 2.05) is 29.3 Å². The molecule has 0 fully saturated rings. The number of benzene rings is 1. The van der Waals surface area contributed by atoms with E-state index in [9.17, 15) is 8.42 Å². The topological polar surface area (TPSA) is 104 Å². The van der Waals surface area contributed by atoms with E-state index in [4.69, 9.17) is 5.14 Å². The van der Waals surface area contributed by atoms with Crippen molar-refractivity contribution in [1.29, 1.82) is 0 Å². The summed E-state index contributed by atoms with van der Waals surface area (Å²) in [5, 5.41) is 16.6. The van der Waals surface area contributed by atoms with Gasteiger partial charge in [-0.15, -0.1) is 5.10 Å². The Morgan fingerprint density at radius 3 is 2.74 bits per heavy atom. The predicted molar refractivity (Wildman–Crippen MR) is 84.7 cm³/mol. The van der Waals surface area contributed by atoms with Gasteiger partial charge in [-0.3, -0.25) is 0 Å². The van der Waals surface area contributed by atoms with Crippen molar-refractivity contribution in [1.82, 2.24) is 20.0 Å². The van der Waals surface area contributed by atoms with Gasteiger partial charge in [0.15, 0.2) is 5.82 Å². The molecule has 0 saturated carbocycles. The third-order valence-corrected chi connectivity index (χ3v) is 5.79. The summed E-state index contributed by atoms with van der Waals surface area (Å²) in [5.41, 5.74) is 0.414. The fraction of sp³-hybridized carbons (Fsp3) is 0.125. The fourth-order valence-electron chi connectivity index (χ4n) is 1.51. The molecule has 2 rings (SSSR count). The lowest BCUT2D eigenvalue weighted by Gasteiger charge is -2.11. The van der Waals surface area contributed by atoms with Crippen LogP contribution in [-0.4, -0.2) is 35.1 Å². The largest absolute Gasteiger partial charge is 0.239 e. The molecule has 1 heterocycles. The van der Waals surface area contributed by atoms with E-state index in [1.54, 1.807) is 16.6 Å². The molecule has 102 valence electrons. The second-order valence-electron chi connectivity index (χ2n) is 3.42. The number of aromatic nitrogens is 4. The molecule has 19 heavy (non-hydrogen) atoms. The Hall–Kier alpha value is -0.160. The molecule has 0 bridgehead atoms. The molecule has 2 aromatic rings. The third-order valence-electron chi connectivity index (χ3n) is 2.25. The van der Waals surface area contributed by atoms with Crippen molar-refractivity contribution in [3.8, 4) is 11.4 Å². The highest BCUT2D eigenvalue weighted by atomic mass is 127. The van der Waals surface area contributed by atoms with Crippen molar-refractivity contribution >= 4 is 57.3 Å². The summed E-state index contributed by atoms with van der Waals surface area (Å²) >= 11 is 5.24. The molecule has 0 aliphatic heterocycles. The first kappa shape index (κ1) is 15.2. The standard InChI is InChI=1S/C8H8BrIN5O2PS/c1-18-15-8(12-13-14-15)6-5(10)3-2-4(9)7(6)19(11,16)17/h2-3,18H,1H3,(H2,11,16,17). The Kier molecular flexibility index (Phi) is 4.56. The van der Waals surface area contributed by atoms with E-state index in [2.05, 4.69) is 31.5 Å². The average Bonchev–Trinajstić information content (AvgIpc) is 2.78. The lowest BCUT2D eigenvalue weighted by molar-refractivity contribution is 0.597. The van der Waals surface area contributed by atoms with Crippen molar-refractivity contribution in [2.75, 3.05) is 6.66 Å². The molecule has 11 heteroatoms. The van der Waals surface area contributed by atoms with E-state index in [1.165, 1.54) is 0 Å². The highest BCUT2D eigenvalue weighted by Crippen LogP contribution is 2.36. The van der Waals surface area contributed by atoms with Crippen LogP contribution in [0.3, 0.4) is 0 Å². The van der Waals surface area contributed by atoms with Crippen LogP contribution in [0.15, 0.2) is 21.5 Å². The number of sulfonamides is 1. The number of nitrogens with two attached hydrogens (primary N) is 1. The number of tetrazole rings is 1. The molecule has 0 spiro atoms. The van der Waals surface area contributed by atoms with Crippen LogP contribution < -0.4 is 5.14 Å². The van der Waals surface area contributed by atoms with Crippen LogP contribution in [0.4, 0.5) is 0 Å². The van der Waals surface area contributed by atoms with Crippen molar-refractivity contribution in [2.24, 2.45) is 5.14 Å². The smallest absolute Gasteiger partial charge is 0.225 e. The van der Waals surface area contributed by atoms with E-state index in [0.29, 0.717) is 19.4 Å². The zero-order chi connectivity index (χ0) is 14.2. The van der Waals surface area contributed by atoms with Crippen LogP contribution in [0.5, 0.6) is 0 Å². The summed E-state index contributed by atoms with van der Waals surface area (Å²) in [7, 11) is -3.62. The molecular weight excluding hydrogens is 468 g/mol. The van der Waals surface area contributed by atoms with Crippen molar-refractivity contribution in [3.05, 3.63) is 20.2 Å². The summed E-state index contributed by atoms with van der Waals surface area (Å²) in [6.45, 7) is 1.89. The van der Waals surface area contributed by atoms with Crippen LogP contribution in [0, 0.1) is 3.57 Å². The Bertz CT molecular complexity index is 735. The number of hydrogen-bond acceptors (Lipinski definition) is 5. The fourth-order valence-corrected chi connectivity index (χ4v) is 4.72. The Balaban J connectivity index is 2.87. The first-order valence-corrected chi connectivity index (χ1v) is 9.70. The Morgan fingerprint density at radius 2 is 2.16 bits per heavy atom. The molecule has 2 N–H and O–H groups in total. The van der Waals surface area contributed by atoms with Crippen molar-refractivity contribution in [2.45, 2.75) is 4.90 Å². The van der Waals surface area contributed by atoms with E-state index in [-0.39, 0.29) is 13.6 Å². The number of halogens is 2. The second-order valence-corrected chi connectivity index (χ2v) is 7.80. The van der Waals surface area contributed by atoms with Gasteiger partial charge in [-0.25, -0.2) is 18.0 Å². The quantitative estimate of drug-likeness (QED) is 0.534. The maximum Gasteiger partial charge on any atom is 0.239 e. The number of rotatable bonds is 3. The van der Waals surface area contributed by atoms with Crippen LogP contribution in [0.1, 0.15) is 0 Å². The molecule has 1 atom stereocenters. The molecule has 1 aromatic carbocycles. The minimum absolute atomic E-state index is 0.00583. The predicted octanol–water partition coefficient (Wildman–Crippen LogP) is 1.43. The van der Waals surface area contributed by atoms with Crippen molar-refractivity contribution < 1.29 is 8.42 Å². The van der Waals surface area contributed by atoms with Gasteiger partial charge in [0.05, 0.1) is 5.56 Å². The van der Waals surface area contributed by atoms with Gasteiger partial charge in [-0.05, 0) is 67.7 Å². The lowest BCUT2D eigenvalue weighted by atomic mass is 10.2. The zero-order valence-corrected chi connectivity index (χ0v) is 15.1. The maximum absolute atomic E-state index is 11.8. The Labute approximate surface area is 133 Å². The maximum atomic E-state index is 11.8. The number of primary sulfonamides is 1. The van der Waals surface area contributed by atoms with Crippen LogP contribution in [0.2, 0.25) is 0 Å². The summed E-state index contributed by atoms with van der Waals surface area (Å²) in [6, 6.07) is 3.40. The number of hydrogen-bond donors (Lipinski definition) is 1. The van der Waals surface area contributed by atoms with Crippen LogP contribution in [0.25, 0.3) is 11.4 Å². The molecule has 1 aromatic heterocycles. The number of nitrogens with zero attached hydrogens (tertiary/aromatic N) is 4. The molecule has 0 aliphatic carbocycles. The van der Waals surface area contributed by atoms with Gasteiger partial charge < -0.3 is 0 Å². The third kappa shape index (κ3) is 2.97. The minimum atomic E-state index is -3.90. The summed E-state index contributed by atoms with van der Waals surface area (Å²) in [6.07, 6.45) is 0. The van der Waals surface area contributed by atoms with Gasteiger partial charge >= 0.3 is 0 Å². The zero-order valence-electron chi connectivity index (χ0n) is 9.50. The van der Waals surface area contributed by atoms with Crippen LogP contribution in [-0.2, 0) is 10.0 Å². The van der Waals surface area contributed by atoms with E-state index >= 15 is 0 Å². The average molecular weight is 476 g/mol. The summed E-state index contributed by atoms with van der Waals surface area (Å²) in [5.74, 6) is 0.385. The first-order chi connectivity index (χ1) is 8.86. The molecule has 1 unspecified atom stereocenters. The first-order valence-electron chi connectivity index (χ1n) is 4.83. The SMILES string of the molecule is CPn1nnnc1-c1c(I)ccc(Br)c1S(N)(=O)=O. The molecule has 0 aliphatic rings.